The van der Waals surface area contributed by atoms with Crippen molar-refractivity contribution in [2.75, 3.05) is 6.54 Å². The molecule has 1 aliphatic rings. The molecule has 1 saturated heterocycles. The van der Waals surface area contributed by atoms with E-state index in [0.717, 1.165) is 10.9 Å². The van der Waals surface area contributed by atoms with Gasteiger partial charge in [0.05, 0.1) is 4.91 Å². The molecule has 8 heteroatoms. The van der Waals surface area contributed by atoms with Crippen LogP contribution in [0.1, 0.15) is 34.5 Å². The third-order valence-corrected chi connectivity index (χ3v) is 6.12. The number of carboxylic acids is 1. The molecular formula is C23H17NO5S2. The molecule has 6 nitrogen and oxygen atoms in total. The highest BCUT2D eigenvalue weighted by molar-refractivity contribution is 8.26. The van der Waals surface area contributed by atoms with E-state index in [1.54, 1.807) is 48.5 Å². The number of aliphatic carboxylic acids is 1. The van der Waals surface area contributed by atoms with Crippen LogP contribution in [0.15, 0.2) is 63.9 Å². The van der Waals surface area contributed by atoms with E-state index in [1.807, 2.05) is 12.1 Å². The smallest absolute Gasteiger partial charge is 0.303 e. The van der Waals surface area contributed by atoms with E-state index in [0.29, 0.717) is 26.8 Å². The molecule has 0 radical (unpaired) electrons. The van der Waals surface area contributed by atoms with Crippen molar-refractivity contribution in [3.63, 3.8) is 0 Å². The summed E-state index contributed by atoms with van der Waals surface area (Å²) in [5.41, 5.74) is 1.91. The second-order valence-corrected chi connectivity index (χ2v) is 8.61. The molecule has 156 valence electrons. The predicted molar refractivity (Wildman–Crippen MR) is 123 cm³/mol. The van der Waals surface area contributed by atoms with E-state index in [-0.39, 0.29) is 30.4 Å². The lowest BCUT2D eigenvalue weighted by Crippen LogP contribution is -2.29. The summed E-state index contributed by atoms with van der Waals surface area (Å²) in [4.78, 5) is 37.9. The van der Waals surface area contributed by atoms with Crippen LogP contribution in [0.3, 0.4) is 0 Å². The molecule has 1 amide bonds. The fraction of sp³-hybridized carbons (Fsp3) is 0.130. The number of fused-ring (bicyclic) bond motifs is 1. The summed E-state index contributed by atoms with van der Waals surface area (Å²) in [7, 11) is 0. The fourth-order valence-electron chi connectivity index (χ4n) is 3.23. The number of benzene rings is 2. The maximum atomic E-state index is 12.6. The molecule has 0 spiro atoms. The van der Waals surface area contributed by atoms with E-state index in [2.05, 4.69) is 0 Å². The van der Waals surface area contributed by atoms with Crippen molar-refractivity contribution in [1.82, 2.24) is 4.90 Å². The summed E-state index contributed by atoms with van der Waals surface area (Å²) in [6.07, 6.45) is 2.06. The molecule has 0 atom stereocenters. The van der Waals surface area contributed by atoms with Gasteiger partial charge in [-0.3, -0.25) is 19.3 Å². The molecule has 0 unspecified atom stereocenters. The highest BCUT2D eigenvalue weighted by Gasteiger charge is 2.31. The van der Waals surface area contributed by atoms with Crippen LogP contribution in [-0.4, -0.2) is 38.5 Å². The number of rotatable bonds is 7. The van der Waals surface area contributed by atoms with E-state index in [1.165, 1.54) is 16.7 Å². The molecule has 4 rings (SSSR count). The molecule has 2 aromatic carbocycles. The average Bonchev–Trinajstić information content (AvgIpc) is 3.29. The Hall–Kier alpha value is -3.23. The molecule has 3 aromatic rings. The monoisotopic (exact) mass is 451 g/mol. The van der Waals surface area contributed by atoms with E-state index in [4.69, 9.17) is 21.7 Å². The van der Waals surface area contributed by atoms with Gasteiger partial charge >= 0.3 is 5.97 Å². The molecule has 1 aliphatic heterocycles. The van der Waals surface area contributed by atoms with E-state index in [9.17, 15) is 14.4 Å². The third-order valence-electron chi connectivity index (χ3n) is 4.74. The summed E-state index contributed by atoms with van der Waals surface area (Å²) in [5.74, 6) is -1.07. The molecular weight excluding hydrogens is 434 g/mol. The predicted octanol–water partition coefficient (Wildman–Crippen LogP) is 4.73. The van der Waals surface area contributed by atoms with Crippen molar-refractivity contribution >= 4 is 63.0 Å². The first-order chi connectivity index (χ1) is 14.9. The first-order valence-corrected chi connectivity index (χ1v) is 10.8. The van der Waals surface area contributed by atoms with Crippen LogP contribution in [0.2, 0.25) is 0 Å². The minimum atomic E-state index is -0.903. The Morgan fingerprint density at radius 1 is 1.13 bits per heavy atom. The SMILES string of the molecule is O=C(O)CCCN1C(=O)C(=Cc2ccc3oc(C(=O)c4ccccc4)cc3c2)SC1=S. The Bertz CT molecular complexity index is 1230. The molecule has 1 fully saturated rings. The number of carboxylic acid groups (broad SMARTS) is 1. The van der Waals surface area contributed by atoms with Gasteiger partial charge in [-0.15, -0.1) is 0 Å². The molecule has 0 saturated carbocycles. The lowest BCUT2D eigenvalue weighted by atomic mass is 10.1. The first-order valence-electron chi connectivity index (χ1n) is 9.53. The van der Waals surface area contributed by atoms with Crippen LogP contribution in [0.25, 0.3) is 17.0 Å². The van der Waals surface area contributed by atoms with Gasteiger partial charge in [0.1, 0.15) is 9.90 Å². The normalized spacial score (nSPS) is 15.2. The van der Waals surface area contributed by atoms with Crippen molar-refractivity contribution in [3.05, 3.63) is 76.4 Å². The number of carbonyl (C=O) groups is 3. The molecule has 31 heavy (non-hydrogen) atoms. The number of furan rings is 1. The molecule has 0 aliphatic carbocycles. The van der Waals surface area contributed by atoms with Crippen molar-refractivity contribution in [2.24, 2.45) is 0 Å². The zero-order valence-corrected chi connectivity index (χ0v) is 17.9. The van der Waals surface area contributed by atoms with Gasteiger partial charge in [0.2, 0.25) is 5.78 Å². The van der Waals surface area contributed by atoms with Gasteiger partial charge in [0.15, 0.2) is 5.76 Å². The molecule has 2 heterocycles. The Kier molecular flexibility index (Phi) is 6.01. The lowest BCUT2D eigenvalue weighted by molar-refractivity contribution is -0.137. The zero-order valence-electron chi connectivity index (χ0n) is 16.2. The van der Waals surface area contributed by atoms with E-state index < -0.39 is 5.97 Å². The van der Waals surface area contributed by atoms with Gasteiger partial charge in [-0.25, -0.2) is 0 Å². The van der Waals surface area contributed by atoms with Gasteiger partial charge in [-0.05, 0) is 36.3 Å². The maximum absolute atomic E-state index is 12.6. The number of thiocarbonyl (C=S) groups is 1. The zero-order chi connectivity index (χ0) is 22.0. The topological polar surface area (TPSA) is 87.8 Å². The number of hydrogen-bond acceptors (Lipinski definition) is 6. The summed E-state index contributed by atoms with van der Waals surface area (Å²) in [6, 6.07) is 16.0. The summed E-state index contributed by atoms with van der Waals surface area (Å²) in [6.45, 7) is 0.278. The van der Waals surface area contributed by atoms with Crippen LogP contribution in [0.5, 0.6) is 0 Å². The van der Waals surface area contributed by atoms with Crippen LogP contribution < -0.4 is 0 Å². The van der Waals surface area contributed by atoms with Gasteiger partial charge < -0.3 is 9.52 Å². The van der Waals surface area contributed by atoms with Crippen molar-refractivity contribution in [1.29, 1.82) is 0 Å². The number of nitrogens with zero attached hydrogens (tertiary/aromatic N) is 1. The summed E-state index contributed by atoms with van der Waals surface area (Å²) >= 11 is 6.46. The summed E-state index contributed by atoms with van der Waals surface area (Å²) in [5, 5.41) is 9.53. The standard InChI is InChI=1S/C23H17NO5S2/c25-20(26)7-4-10-24-22(28)19(31-23(24)30)12-14-8-9-17-16(11-14)13-18(29-17)21(27)15-5-2-1-3-6-15/h1-3,5-6,8-9,11-13H,4,7,10H2,(H,25,26). The van der Waals surface area contributed by atoms with Crippen LogP contribution >= 0.6 is 24.0 Å². The average molecular weight is 452 g/mol. The van der Waals surface area contributed by atoms with Crippen molar-refractivity contribution < 1.29 is 23.9 Å². The van der Waals surface area contributed by atoms with E-state index >= 15 is 0 Å². The first kappa shape index (κ1) is 21.0. The van der Waals surface area contributed by atoms with Gasteiger partial charge in [-0.2, -0.15) is 0 Å². The van der Waals surface area contributed by atoms with Gasteiger partial charge in [-0.1, -0.05) is 60.4 Å². The molecule has 1 N–H and O–H groups in total. The molecule has 1 aromatic heterocycles. The number of ketones is 1. The number of carbonyl (C=O) groups excluding carboxylic acids is 2. The van der Waals surface area contributed by atoms with Crippen LogP contribution in [-0.2, 0) is 9.59 Å². The summed E-state index contributed by atoms with van der Waals surface area (Å²) < 4.78 is 6.13. The Balaban J connectivity index is 1.54. The fourth-order valence-corrected chi connectivity index (χ4v) is 4.54. The van der Waals surface area contributed by atoms with Gasteiger partial charge in [0.25, 0.3) is 5.91 Å². The minimum absolute atomic E-state index is 0.0166. The Morgan fingerprint density at radius 3 is 2.65 bits per heavy atom. The Labute approximate surface area is 187 Å². The number of thioether (sulfide) groups is 1. The maximum Gasteiger partial charge on any atom is 0.303 e. The number of hydrogen-bond donors (Lipinski definition) is 1. The minimum Gasteiger partial charge on any atom is -0.481 e. The highest BCUT2D eigenvalue weighted by Crippen LogP contribution is 2.33. The quantitative estimate of drug-likeness (QED) is 0.316. The highest BCUT2D eigenvalue weighted by atomic mass is 32.2. The number of amides is 1. The molecule has 0 bridgehead atoms. The van der Waals surface area contributed by atoms with Crippen LogP contribution in [0.4, 0.5) is 0 Å². The third kappa shape index (κ3) is 4.60. The second kappa shape index (κ2) is 8.87. The second-order valence-electron chi connectivity index (χ2n) is 6.93. The van der Waals surface area contributed by atoms with Crippen LogP contribution in [0, 0.1) is 0 Å². The van der Waals surface area contributed by atoms with Crippen molar-refractivity contribution in [2.45, 2.75) is 12.8 Å². The largest absolute Gasteiger partial charge is 0.481 e. The Morgan fingerprint density at radius 2 is 1.90 bits per heavy atom. The van der Waals surface area contributed by atoms with Crippen molar-refractivity contribution in [3.8, 4) is 0 Å². The lowest BCUT2D eigenvalue weighted by Gasteiger charge is -2.13. The van der Waals surface area contributed by atoms with Gasteiger partial charge in [0, 0.05) is 23.9 Å².